The Balaban J connectivity index is 1.28. The molecule has 9 nitrogen and oxygen atoms in total. The fraction of sp³-hybridized carbons (Fsp3) is 0.147. The van der Waals surface area contributed by atoms with Crippen molar-refractivity contribution in [1.29, 1.82) is 5.41 Å². The van der Waals surface area contributed by atoms with Gasteiger partial charge in [0.2, 0.25) is 17.7 Å². The van der Waals surface area contributed by atoms with Gasteiger partial charge in [-0.3, -0.25) is 9.59 Å². The van der Waals surface area contributed by atoms with Gasteiger partial charge in [-0.1, -0.05) is 60.1 Å². The van der Waals surface area contributed by atoms with Crippen LogP contribution in [0.2, 0.25) is 5.02 Å². The second kappa shape index (κ2) is 13.8. The molecule has 2 amide bonds. The number of aromatic nitrogens is 1. The number of rotatable bonds is 12. The van der Waals surface area contributed by atoms with E-state index in [1.807, 2.05) is 48.5 Å². The summed E-state index contributed by atoms with van der Waals surface area (Å²) in [6.45, 7) is 0.0806. The minimum atomic E-state index is -1.06. The fourth-order valence-electron chi connectivity index (χ4n) is 4.70. The molecule has 0 spiro atoms. The highest BCUT2D eigenvalue weighted by Gasteiger charge is 2.19. The van der Waals surface area contributed by atoms with Crippen LogP contribution >= 0.6 is 11.6 Å². The van der Waals surface area contributed by atoms with Gasteiger partial charge in [0.25, 0.3) is 0 Å². The number of carbonyl (C=O) groups is 3. The highest BCUT2D eigenvalue weighted by Crippen LogP contribution is 2.20. The van der Waals surface area contributed by atoms with Crippen LogP contribution in [0.15, 0.2) is 101 Å². The van der Waals surface area contributed by atoms with Gasteiger partial charge in [0.1, 0.15) is 5.52 Å². The van der Waals surface area contributed by atoms with Crippen molar-refractivity contribution in [2.24, 2.45) is 0 Å². The molecule has 0 aliphatic heterocycles. The highest BCUT2D eigenvalue weighted by molar-refractivity contribution is 6.30. The summed E-state index contributed by atoms with van der Waals surface area (Å²) in [5.41, 5.74) is 4.47. The van der Waals surface area contributed by atoms with Crippen LogP contribution in [0.25, 0.3) is 11.1 Å². The summed E-state index contributed by atoms with van der Waals surface area (Å²) in [6.07, 6.45) is 0.755. The van der Waals surface area contributed by atoms with Gasteiger partial charge in [0.15, 0.2) is 5.58 Å². The second-order valence-corrected chi connectivity index (χ2v) is 10.7. The van der Waals surface area contributed by atoms with E-state index < -0.39 is 11.9 Å². The van der Waals surface area contributed by atoms with E-state index in [4.69, 9.17) is 26.5 Å². The van der Waals surface area contributed by atoms with Crippen LogP contribution < -0.4 is 5.32 Å². The van der Waals surface area contributed by atoms with E-state index in [0.717, 1.165) is 11.1 Å². The maximum Gasteiger partial charge on any atom is 0.335 e. The zero-order valence-corrected chi connectivity index (χ0v) is 24.4. The summed E-state index contributed by atoms with van der Waals surface area (Å²) in [5, 5.41) is 20.8. The standard InChI is InChI=1S/C34H29ClN4O5/c35-26-8-4-5-22(17-26)15-16-39(21-31(40)37-27-12-10-25(11-13-27)34(42)43)33(41)19-23-9-14-29-30(18-23)44-32(38-29)20-28(36)24-6-2-1-3-7-24/h1-14,17-18,36H,15-16,19-21H2,(H,37,40)(H,42,43). The van der Waals surface area contributed by atoms with E-state index in [2.05, 4.69) is 10.3 Å². The number of amides is 2. The summed E-state index contributed by atoms with van der Waals surface area (Å²) < 4.78 is 5.92. The topological polar surface area (TPSA) is 137 Å². The molecule has 3 N–H and O–H groups in total. The van der Waals surface area contributed by atoms with Crippen LogP contribution in [0.3, 0.4) is 0 Å². The van der Waals surface area contributed by atoms with Crippen molar-refractivity contribution in [3.8, 4) is 0 Å². The second-order valence-electron chi connectivity index (χ2n) is 10.2. The molecule has 0 unspecified atom stereocenters. The van der Waals surface area contributed by atoms with E-state index in [-0.39, 0.29) is 37.4 Å². The summed E-state index contributed by atoms with van der Waals surface area (Å²) in [5.74, 6) is -1.32. The SMILES string of the molecule is N=C(Cc1nc2ccc(CC(=O)N(CCc3cccc(Cl)c3)CC(=O)Nc3ccc(C(=O)O)cc3)cc2o1)c1ccccc1. The molecule has 0 saturated carbocycles. The number of anilines is 1. The third kappa shape index (κ3) is 7.96. The summed E-state index contributed by atoms with van der Waals surface area (Å²) >= 11 is 6.14. The van der Waals surface area contributed by atoms with Crippen LogP contribution in [0, 0.1) is 5.41 Å². The summed E-state index contributed by atoms with van der Waals surface area (Å²) in [4.78, 5) is 43.6. The van der Waals surface area contributed by atoms with Crippen molar-refractivity contribution in [1.82, 2.24) is 9.88 Å². The predicted octanol–water partition coefficient (Wildman–Crippen LogP) is 6.04. The van der Waals surface area contributed by atoms with Crippen molar-refractivity contribution in [3.05, 3.63) is 130 Å². The Hall–Kier alpha value is -5.28. The minimum absolute atomic E-state index is 0.0297. The van der Waals surface area contributed by atoms with Gasteiger partial charge in [-0.2, -0.15) is 0 Å². The van der Waals surface area contributed by atoms with Crippen molar-refractivity contribution < 1.29 is 23.9 Å². The number of nitrogens with zero attached hydrogens (tertiary/aromatic N) is 2. The van der Waals surface area contributed by atoms with Crippen LogP contribution in [0.4, 0.5) is 5.69 Å². The van der Waals surface area contributed by atoms with Gasteiger partial charge in [-0.15, -0.1) is 0 Å². The quantitative estimate of drug-likeness (QED) is 0.148. The largest absolute Gasteiger partial charge is 0.478 e. The fourth-order valence-corrected chi connectivity index (χ4v) is 4.91. The molecule has 1 heterocycles. The number of fused-ring (bicyclic) bond motifs is 1. The zero-order valence-electron chi connectivity index (χ0n) is 23.6. The lowest BCUT2D eigenvalue weighted by atomic mass is 10.1. The van der Waals surface area contributed by atoms with Gasteiger partial charge in [-0.25, -0.2) is 9.78 Å². The van der Waals surface area contributed by atoms with Crippen molar-refractivity contribution in [2.45, 2.75) is 19.3 Å². The lowest BCUT2D eigenvalue weighted by Gasteiger charge is -2.22. The lowest BCUT2D eigenvalue weighted by Crippen LogP contribution is -2.40. The molecular formula is C34H29ClN4O5. The van der Waals surface area contributed by atoms with E-state index in [0.29, 0.717) is 45.4 Å². The van der Waals surface area contributed by atoms with Gasteiger partial charge in [-0.05, 0) is 71.6 Å². The number of hydrogen-bond donors (Lipinski definition) is 3. The maximum absolute atomic E-state index is 13.5. The van der Waals surface area contributed by atoms with Gasteiger partial charge in [0.05, 0.1) is 24.9 Å². The van der Waals surface area contributed by atoms with Crippen molar-refractivity contribution in [2.75, 3.05) is 18.4 Å². The first-order valence-electron chi connectivity index (χ1n) is 13.9. The van der Waals surface area contributed by atoms with Crippen molar-refractivity contribution >= 4 is 51.9 Å². The van der Waals surface area contributed by atoms with E-state index in [1.165, 1.54) is 29.2 Å². The molecule has 0 atom stereocenters. The first kappa shape index (κ1) is 30.2. The van der Waals surface area contributed by atoms with Crippen molar-refractivity contribution in [3.63, 3.8) is 0 Å². The van der Waals surface area contributed by atoms with Crippen LogP contribution in [0.5, 0.6) is 0 Å². The molecule has 5 rings (SSSR count). The third-order valence-corrected chi connectivity index (χ3v) is 7.20. The molecule has 44 heavy (non-hydrogen) atoms. The molecule has 5 aromatic rings. The number of nitrogens with one attached hydrogen (secondary N) is 2. The van der Waals surface area contributed by atoms with Gasteiger partial charge < -0.3 is 25.1 Å². The predicted molar refractivity (Wildman–Crippen MR) is 168 cm³/mol. The minimum Gasteiger partial charge on any atom is -0.478 e. The summed E-state index contributed by atoms with van der Waals surface area (Å²) in [7, 11) is 0. The normalized spacial score (nSPS) is 10.8. The number of hydrogen-bond acceptors (Lipinski definition) is 6. The molecule has 4 aromatic carbocycles. The Kier molecular flexibility index (Phi) is 9.46. The first-order valence-corrected chi connectivity index (χ1v) is 14.3. The molecule has 0 radical (unpaired) electrons. The number of oxazole rings is 1. The zero-order chi connectivity index (χ0) is 31.1. The average molecular weight is 609 g/mol. The number of benzene rings is 4. The number of aromatic carboxylic acids is 1. The summed E-state index contributed by atoms with van der Waals surface area (Å²) in [6, 6.07) is 27.8. The number of carboxylic acid groups (broad SMARTS) is 1. The van der Waals surface area contributed by atoms with Gasteiger partial charge in [0, 0.05) is 23.0 Å². The van der Waals surface area contributed by atoms with E-state index in [9.17, 15) is 14.4 Å². The molecular weight excluding hydrogens is 580 g/mol. The van der Waals surface area contributed by atoms with Gasteiger partial charge >= 0.3 is 5.97 Å². The third-order valence-electron chi connectivity index (χ3n) is 6.96. The molecule has 0 aliphatic carbocycles. The number of halogens is 1. The number of carbonyl (C=O) groups excluding carboxylic acids is 2. The average Bonchev–Trinajstić information content (AvgIpc) is 3.41. The number of carboxylic acids is 1. The molecule has 1 aromatic heterocycles. The van der Waals surface area contributed by atoms with Crippen LogP contribution in [0.1, 0.15) is 32.9 Å². The maximum atomic E-state index is 13.5. The molecule has 0 fully saturated rings. The molecule has 0 bridgehead atoms. The Morgan fingerprint density at radius 2 is 1.64 bits per heavy atom. The molecule has 222 valence electrons. The Labute approximate surface area is 258 Å². The van der Waals surface area contributed by atoms with Crippen LogP contribution in [-0.4, -0.2) is 51.6 Å². The molecule has 0 aliphatic rings. The molecule has 10 heteroatoms. The Morgan fingerprint density at radius 1 is 0.864 bits per heavy atom. The smallest absolute Gasteiger partial charge is 0.335 e. The highest BCUT2D eigenvalue weighted by atomic mass is 35.5. The van der Waals surface area contributed by atoms with E-state index in [1.54, 1.807) is 24.3 Å². The Morgan fingerprint density at radius 3 is 2.36 bits per heavy atom. The monoisotopic (exact) mass is 608 g/mol. The molecule has 0 saturated heterocycles. The first-order chi connectivity index (χ1) is 21.2. The van der Waals surface area contributed by atoms with E-state index >= 15 is 0 Å². The van der Waals surface area contributed by atoms with Crippen LogP contribution in [-0.2, 0) is 28.9 Å². The Bertz CT molecular complexity index is 1820. The lowest BCUT2D eigenvalue weighted by molar-refractivity contribution is -0.134.